The van der Waals surface area contributed by atoms with E-state index in [0.29, 0.717) is 11.1 Å². The molecule has 5 nitrogen and oxygen atoms in total. The lowest BCUT2D eigenvalue weighted by atomic mass is 9.82. The number of benzene rings is 5. The average molecular weight is 564 g/mol. The summed E-state index contributed by atoms with van der Waals surface area (Å²) in [6, 6.07) is 27.0. The second-order valence-electron chi connectivity index (χ2n) is 10.2. The molecule has 2 bridgehead atoms. The second kappa shape index (κ2) is 8.97. The van der Waals surface area contributed by atoms with Crippen LogP contribution in [-0.2, 0) is 6.42 Å². The third kappa shape index (κ3) is 3.46. The van der Waals surface area contributed by atoms with E-state index in [0.717, 1.165) is 96.5 Å². The molecule has 0 atom stereocenters. The Hall–Kier alpha value is -5.57. The minimum atomic E-state index is -0.793. The van der Waals surface area contributed by atoms with Crippen molar-refractivity contribution in [3.63, 3.8) is 0 Å². The first-order valence-corrected chi connectivity index (χ1v) is 13.8. The van der Waals surface area contributed by atoms with Crippen LogP contribution < -0.4 is 0 Å². The summed E-state index contributed by atoms with van der Waals surface area (Å²) in [4.78, 5) is 5.09. The summed E-state index contributed by atoms with van der Waals surface area (Å²) in [5.41, 5.74) is 8.54. The van der Waals surface area contributed by atoms with E-state index in [1.165, 1.54) is 0 Å². The zero-order valence-electron chi connectivity index (χ0n) is 21.6. The fourth-order valence-electron chi connectivity index (χ4n) is 5.91. The molecule has 0 spiro atoms. The highest BCUT2D eigenvalue weighted by molar-refractivity contribution is 7.00. The SMILES string of the molecule is N#Cc1cc(F)c(-c2ccc(-c3cc4c(-c5cc(C#N)c6cc5C6)nc5ccccc5c4c4nsnc34)cc2)c(F)c1. The van der Waals surface area contributed by atoms with E-state index in [4.69, 9.17) is 14.6 Å². The minimum Gasteiger partial charge on any atom is -0.247 e. The Labute approximate surface area is 241 Å². The van der Waals surface area contributed by atoms with Gasteiger partial charge >= 0.3 is 0 Å². The number of hydrogen-bond acceptors (Lipinski definition) is 6. The van der Waals surface area contributed by atoms with Crippen LogP contribution in [0.15, 0.2) is 78.9 Å². The molecule has 0 radical (unpaired) electrons. The van der Waals surface area contributed by atoms with Gasteiger partial charge in [0.25, 0.3) is 0 Å². The molecule has 0 unspecified atom stereocenters. The van der Waals surface area contributed by atoms with Gasteiger partial charge in [-0.1, -0.05) is 48.5 Å². The lowest BCUT2D eigenvalue weighted by molar-refractivity contribution is 0.589. The number of hydrogen-bond donors (Lipinski definition) is 0. The summed E-state index contributed by atoms with van der Waals surface area (Å²) in [6.45, 7) is 0. The van der Waals surface area contributed by atoms with E-state index >= 15 is 0 Å². The Morgan fingerprint density at radius 1 is 0.714 bits per heavy atom. The number of halogens is 2. The molecule has 42 heavy (non-hydrogen) atoms. The summed E-state index contributed by atoms with van der Waals surface area (Å²) in [5.74, 6) is -1.59. The zero-order valence-corrected chi connectivity index (χ0v) is 22.4. The van der Waals surface area contributed by atoms with Crippen molar-refractivity contribution >= 4 is 44.4 Å². The third-order valence-electron chi connectivity index (χ3n) is 7.94. The molecular weight excluding hydrogens is 548 g/mol. The van der Waals surface area contributed by atoms with E-state index in [1.54, 1.807) is 30.3 Å². The molecule has 2 aliphatic rings. The van der Waals surface area contributed by atoms with E-state index < -0.39 is 11.6 Å². The highest BCUT2D eigenvalue weighted by Crippen LogP contribution is 2.44. The van der Waals surface area contributed by atoms with Crippen molar-refractivity contribution < 1.29 is 8.78 Å². The van der Waals surface area contributed by atoms with Crippen LogP contribution in [0.25, 0.3) is 66.2 Å². The van der Waals surface area contributed by atoms with Crippen LogP contribution in [0.5, 0.6) is 0 Å². The maximum Gasteiger partial charge on any atom is 0.135 e. The van der Waals surface area contributed by atoms with Gasteiger partial charge in [0.05, 0.1) is 51.8 Å². The topological polar surface area (TPSA) is 86.2 Å². The Morgan fingerprint density at radius 2 is 1.43 bits per heavy atom. The smallest absolute Gasteiger partial charge is 0.135 e. The molecule has 0 amide bonds. The average Bonchev–Trinajstić information content (AvgIpc) is 3.49. The Kier molecular flexibility index (Phi) is 5.18. The van der Waals surface area contributed by atoms with Gasteiger partial charge in [0.2, 0.25) is 0 Å². The van der Waals surface area contributed by atoms with Crippen molar-refractivity contribution in [1.82, 2.24) is 13.7 Å². The van der Waals surface area contributed by atoms with Crippen molar-refractivity contribution in [2.75, 3.05) is 0 Å². The van der Waals surface area contributed by atoms with E-state index in [2.05, 4.69) is 22.6 Å². The largest absolute Gasteiger partial charge is 0.247 e. The maximum absolute atomic E-state index is 14.7. The van der Waals surface area contributed by atoms with E-state index in [9.17, 15) is 14.0 Å². The summed E-state index contributed by atoms with van der Waals surface area (Å²) >= 11 is 1.12. The first-order chi connectivity index (χ1) is 20.5. The Morgan fingerprint density at radius 3 is 2.17 bits per heavy atom. The fourth-order valence-corrected chi connectivity index (χ4v) is 6.47. The minimum absolute atomic E-state index is 0.0729. The number of fused-ring (bicyclic) bond motifs is 7. The maximum atomic E-state index is 14.7. The van der Waals surface area contributed by atoms with Crippen molar-refractivity contribution in [2.45, 2.75) is 6.42 Å². The van der Waals surface area contributed by atoms with Gasteiger partial charge in [-0.05, 0) is 59.0 Å². The monoisotopic (exact) mass is 563 g/mol. The first-order valence-electron chi connectivity index (χ1n) is 13.1. The number of rotatable bonds is 3. The van der Waals surface area contributed by atoms with E-state index in [-0.39, 0.29) is 11.1 Å². The van der Waals surface area contributed by atoms with Crippen LogP contribution >= 0.6 is 11.7 Å². The van der Waals surface area contributed by atoms with Crippen LogP contribution in [0.3, 0.4) is 0 Å². The molecule has 2 aromatic heterocycles. The van der Waals surface area contributed by atoms with Gasteiger partial charge in [0.15, 0.2) is 0 Å². The normalized spacial score (nSPS) is 11.9. The lowest BCUT2D eigenvalue weighted by Gasteiger charge is -2.22. The molecular formula is C34H15F2N5S. The number of nitriles is 2. The molecule has 5 aromatic carbocycles. The molecule has 196 valence electrons. The molecule has 2 aliphatic carbocycles. The summed E-state index contributed by atoms with van der Waals surface area (Å²) in [6.07, 6.45) is 0.738. The number of para-hydroxylation sites is 1. The Bertz CT molecular complexity index is 2360. The van der Waals surface area contributed by atoms with Gasteiger partial charge in [-0.2, -0.15) is 19.3 Å². The highest BCUT2D eigenvalue weighted by atomic mass is 32.1. The number of nitrogens with zero attached hydrogens (tertiary/aromatic N) is 5. The van der Waals surface area contributed by atoms with Crippen molar-refractivity contribution in [3.8, 4) is 45.6 Å². The van der Waals surface area contributed by atoms with Gasteiger partial charge in [-0.25, -0.2) is 13.8 Å². The summed E-state index contributed by atoms with van der Waals surface area (Å²) < 4.78 is 38.8. The predicted octanol–water partition coefficient (Wildman–Crippen LogP) is 8.32. The molecule has 0 saturated carbocycles. The van der Waals surface area contributed by atoms with Gasteiger partial charge in [-0.3, -0.25) is 0 Å². The molecule has 0 saturated heterocycles. The van der Waals surface area contributed by atoms with Gasteiger partial charge < -0.3 is 0 Å². The van der Waals surface area contributed by atoms with Crippen LogP contribution in [0, 0.1) is 34.3 Å². The van der Waals surface area contributed by atoms with Crippen molar-refractivity contribution in [2.24, 2.45) is 0 Å². The van der Waals surface area contributed by atoms with Crippen LogP contribution in [0.1, 0.15) is 22.3 Å². The van der Waals surface area contributed by atoms with Gasteiger partial charge in [0.1, 0.15) is 22.7 Å². The molecule has 2 heterocycles. The quantitative estimate of drug-likeness (QED) is 0.202. The van der Waals surface area contributed by atoms with Crippen molar-refractivity contribution in [3.05, 3.63) is 113 Å². The molecule has 0 aliphatic heterocycles. The zero-order chi connectivity index (χ0) is 28.5. The van der Waals surface area contributed by atoms with Crippen molar-refractivity contribution in [1.29, 1.82) is 10.5 Å². The summed E-state index contributed by atoms with van der Waals surface area (Å²) in [7, 11) is 0. The second-order valence-corrected chi connectivity index (χ2v) is 10.8. The van der Waals surface area contributed by atoms with Crippen LogP contribution in [0.2, 0.25) is 0 Å². The van der Waals surface area contributed by atoms with E-state index in [1.807, 2.05) is 30.3 Å². The number of pyridine rings is 1. The lowest BCUT2D eigenvalue weighted by Crippen LogP contribution is -2.08. The standard InChI is InChI=1S/C34H15F2N5S/c35-27-9-17(15-37)10-28(36)30(27)19-7-5-18(6-8-19)25-14-26-31(34-33(25)40-42-41-34)23-3-1-2-4-29(23)39-32(26)24-13-22(16-38)20-11-21(24)12-20/h1-11,13-14H,12H2. The molecule has 0 fully saturated rings. The van der Waals surface area contributed by atoms with Crippen LogP contribution in [0.4, 0.5) is 8.78 Å². The highest BCUT2D eigenvalue weighted by Gasteiger charge is 2.25. The van der Waals surface area contributed by atoms with Gasteiger partial charge in [-0.15, -0.1) is 0 Å². The first kappa shape index (κ1) is 24.2. The van der Waals surface area contributed by atoms with Crippen LogP contribution in [-0.4, -0.2) is 13.7 Å². The molecule has 9 rings (SSSR count). The Balaban J connectivity index is 1.38. The predicted molar refractivity (Wildman–Crippen MR) is 159 cm³/mol. The molecule has 7 aromatic rings. The molecule has 0 N–H and O–H groups in total. The van der Waals surface area contributed by atoms with Gasteiger partial charge in [0, 0.05) is 27.3 Å². The number of aromatic nitrogens is 3. The fraction of sp³-hybridized carbons (Fsp3) is 0.0294. The summed E-state index contributed by atoms with van der Waals surface area (Å²) in [5, 5.41) is 21.5. The molecule has 8 heteroatoms. The third-order valence-corrected chi connectivity index (χ3v) is 8.47.